The molecule has 1 aromatic carbocycles. The predicted molar refractivity (Wildman–Crippen MR) is 59.0 cm³/mol. The van der Waals surface area contributed by atoms with E-state index >= 15 is 0 Å². The van der Waals surface area contributed by atoms with E-state index in [-0.39, 0.29) is 5.82 Å². The summed E-state index contributed by atoms with van der Waals surface area (Å²) in [6.45, 7) is 3.24. The smallest absolute Gasteiger partial charge is 0.132 e. The lowest BCUT2D eigenvalue weighted by molar-refractivity contribution is 0.587. The van der Waals surface area contributed by atoms with Crippen molar-refractivity contribution in [3.8, 4) is 0 Å². The van der Waals surface area contributed by atoms with Crippen LogP contribution in [-0.2, 0) is 4.57 Å². The maximum Gasteiger partial charge on any atom is 0.132 e. The Morgan fingerprint density at radius 2 is 2.07 bits per heavy atom. The molecule has 0 aliphatic rings. The van der Waals surface area contributed by atoms with E-state index < -0.39 is 7.14 Å². The van der Waals surface area contributed by atoms with Crippen LogP contribution in [0.15, 0.2) is 23.2 Å². The zero-order valence-electron chi connectivity index (χ0n) is 8.49. The number of hydrogen-bond donors (Lipinski definition) is 0. The van der Waals surface area contributed by atoms with Crippen molar-refractivity contribution in [3.05, 3.63) is 29.6 Å². The van der Waals surface area contributed by atoms with Gasteiger partial charge in [-0.3, -0.25) is 4.99 Å². The summed E-state index contributed by atoms with van der Waals surface area (Å²) in [6.07, 6.45) is 1.41. The highest BCUT2D eigenvalue weighted by Crippen LogP contribution is 2.35. The molecule has 0 radical (unpaired) electrons. The van der Waals surface area contributed by atoms with Crippen LogP contribution >= 0.6 is 7.14 Å². The Labute approximate surface area is 83.2 Å². The first-order chi connectivity index (χ1) is 6.46. The van der Waals surface area contributed by atoms with Crippen molar-refractivity contribution in [2.75, 3.05) is 20.4 Å². The number of rotatable bonds is 2. The van der Waals surface area contributed by atoms with Gasteiger partial charge in [-0.2, -0.15) is 0 Å². The average molecular weight is 213 g/mol. The highest BCUT2D eigenvalue weighted by atomic mass is 31.2. The second-order valence-corrected chi connectivity index (χ2v) is 6.59. The Balaban J connectivity index is 3.44. The summed E-state index contributed by atoms with van der Waals surface area (Å²) in [5.41, 5.74) is 0.336. The highest BCUT2D eigenvalue weighted by molar-refractivity contribution is 7.70. The van der Waals surface area contributed by atoms with Gasteiger partial charge in [0.25, 0.3) is 0 Å². The van der Waals surface area contributed by atoms with Gasteiger partial charge in [0.1, 0.15) is 13.0 Å². The second kappa shape index (κ2) is 4.05. The summed E-state index contributed by atoms with van der Waals surface area (Å²) in [4.78, 5) is 3.75. The SMILES string of the molecule is C/N=C/c1c(F)cccc1P(C)(C)=O. The molecule has 1 rings (SSSR count). The van der Waals surface area contributed by atoms with E-state index in [0.717, 1.165) is 0 Å². The number of nitrogens with zero attached hydrogens (tertiary/aromatic N) is 1. The normalized spacial score (nSPS) is 12.3. The molecule has 0 N–H and O–H groups in total. The van der Waals surface area contributed by atoms with Crippen molar-refractivity contribution in [2.24, 2.45) is 4.99 Å². The quantitative estimate of drug-likeness (QED) is 0.546. The minimum Gasteiger partial charge on any atom is -0.319 e. The Kier molecular flexibility index (Phi) is 3.22. The zero-order chi connectivity index (χ0) is 10.8. The fourth-order valence-corrected chi connectivity index (χ4v) is 2.44. The molecule has 0 fully saturated rings. The molecule has 2 nitrogen and oxygen atoms in total. The molecular formula is C10H13FNOP. The molecule has 0 saturated carbocycles. The van der Waals surface area contributed by atoms with Crippen LogP contribution in [0.5, 0.6) is 0 Å². The van der Waals surface area contributed by atoms with Crippen LogP contribution in [0.2, 0.25) is 0 Å². The molecule has 0 aliphatic carbocycles. The number of aliphatic imine (C=N–C) groups is 1. The summed E-state index contributed by atoms with van der Waals surface area (Å²) >= 11 is 0. The molecule has 0 aromatic heterocycles. The van der Waals surface area contributed by atoms with Crippen molar-refractivity contribution in [1.82, 2.24) is 0 Å². The minimum absolute atomic E-state index is 0.336. The Hall–Kier alpha value is -0.950. The topological polar surface area (TPSA) is 29.4 Å². The van der Waals surface area contributed by atoms with Gasteiger partial charge in [0.2, 0.25) is 0 Å². The van der Waals surface area contributed by atoms with Gasteiger partial charge in [-0.25, -0.2) is 4.39 Å². The summed E-state index contributed by atoms with van der Waals surface area (Å²) in [7, 11) is -0.882. The molecular weight excluding hydrogens is 200 g/mol. The van der Waals surface area contributed by atoms with E-state index in [1.807, 2.05) is 0 Å². The molecule has 0 saturated heterocycles. The van der Waals surface area contributed by atoms with Gasteiger partial charge in [-0.15, -0.1) is 0 Å². The van der Waals surface area contributed by atoms with Gasteiger partial charge in [-0.1, -0.05) is 12.1 Å². The first-order valence-electron chi connectivity index (χ1n) is 4.23. The van der Waals surface area contributed by atoms with E-state index in [9.17, 15) is 8.96 Å². The number of halogens is 1. The van der Waals surface area contributed by atoms with Crippen molar-refractivity contribution in [1.29, 1.82) is 0 Å². The lowest BCUT2D eigenvalue weighted by Gasteiger charge is -2.10. The van der Waals surface area contributed by atoms with Crippen LogP contribution in [0.3, 0.4) is 0 Å². The molecule has 0 unspecified atom stereocenters. The molecule has 76 valence electrons. The van der Waals surface area contributed by atoms with E-state index in [4.69, 9.17) is 0 Å². The maximum absolute atomic E-state index is 13.4. The lowest BCUT2D eigenvalue weighted by atomic mass is 10.2. The monoisotopic (exact) mass is 213 g/mol. The van der Waals surface area contributed by atoms with E-state index in [2.05, 4.69) is 4.99 Å². The van der Waals surface area contributed by atoms with E-state index in [1.54, 1.807) is 32.5 Å². The summed E-state index contributed by atoms with van der Waals surface area (Å²) < 4.78 is 25.2. The van der Waals surface area contributed by atoms with Crippen LogP contribution in [0.1, 0.15) is 5.56 Å². The van der Waals surface area contributed by atoms with Crippen LogP contribution < -0.4 is 5.30 Å². The van der Waals surface area contributed by atoms with E-state index in [1.165, 1.54) is 12.3 Å². The highest BCUT2D eigenvalue weighted by Gasteiger charge is 2.17. The minimum atomic E-state index is -2.44. The molecule has 0 amide bonds. The molecule has 4 heteroatoms. The molecule has 0 atom stereocenters. The molecule has 1 aromatic rings. The van der Waals surface area contributed by atoms with Crippen LogP contribution in [0.25, 0.3) is 0 Å². The molecule has 0 spiro atoms. The second-order valence-electron chi connectivity index (χ2n) is 3.41. The summed E-state index contributed by atoms with van der Waals surface area (Å²) in [6, 6.07) is 4.59. The van der Waals surface area contributed by atoms with Crippen molar-refractivity contribution in [2.45, 2.75) is 0 Å². The van der Waals surface area contributed by atoms with Gasteiger partial charge in [0.05, 0.1) is 0 Å². The maximum atomic E-state index is 13.4. The van der Waals surface area contributed by atoms with Gasteiger partial charge in [0.15, 0.2) is 0 Å². The first kappa shape index (κ1) is 11.1. The van der Waals surface area contributed by atoms with Crippen molar-refractivity contribution in [3.63, 3.8) is 0 Å². The third kappa shape index (κ3) is 2.30. The van der Waals surface area contributed by atoms with Gasteiger partial charge in [-0.05, 0) is 19.4 Å². The van der Waals surface area contributed by atoms with Crippen molar-refractivity contribution >= 4 is 18.7 Å². The van der Waals surface area contributed by atoms with Crippen LogP contribution in [0.4, 0.5) is 4.39 Å². The van der Waals surface area contributed by atoms with Crippen LogP contribution in [0, 0.1) is 5.82 Å². The number of benzene rings is 1. The van der Waals surface area contributed by atoms with Gasteiger partial charge >= 0.3 is 0 Å². The molecule has 0 bridgehead atoms. The summed E-state index contributed by atoms with van der Waals surface area (Å²) in [5.74, 6) is -0.378. The van der Waals surface area contributed by atoms with Crippen molar-refractivity contribution < 1.29 is 8.96 Å². The van der Waals surface area contributed by atoms with E-state index in [0.29, 0.717) is 10.9 Å². The molecule has 0 aliphatic heterocycles. The van der Waals surface area contributed by atoms with Gasteiger partial charge in [0, 0.05) is 24.1 Å². The number of hydrogen-bond acceptors (Lipinski definition) is 2. The largest absolute Gasteiger partial charge is 0.319 e. The Bertz CT molecular complexity index is 409. The third-order valence-electron chi connectivity index (χ3n) is 1.87. The first-order valence-corrected chi connectivity index (χ1v) is 6.83. The summed E-state index contributed by atoms with van der Waals surface area (Å²) in [5, 5.41) is 0.545. The zero-order valence-corrected chi connectivity index (χ0v) is 9.38. The van der Waals surface area contributed by atoms with Crippen LogP contribution in [-0.4, -0.2) is 26.6 Å². The average Bonchev–Trinajstić information content (AvgIpc) is 2.07. The lowest BCUT2D eigenvalue weighted by Crippen LogP contribution is -2.12. The Morgan fingerprint density at radius 1 is 1.43 bits per heavy atom. The fourth-order valence-electron chi connectivity index (χ4n) is 1.25. The fraction of sp³-hybridized carbons (Fsp3) is 0.300. The Morgan fingerprint density at radius 3 is 2.57 bits per heavy atom. The standard InChI is InChI=1S/C10H13FNOP/c1-12-7-8-9(11)5-4-6-10(8)14(2,3)13/h4-7H,1-3H3/b12-7+. The molecule has 0 heterocycles. The predicted octanol–water partition coefficient (Wildman–Crippen LogP) is 2.12. The third-order valence-corrected chi connectivity index (χ3v) is 3.42. The molecule has 14 heavy (non-hydrogen) atoms. The van der Waals surface area contributed by atoms with Gasteiger partial charge < -0.3 is 4.57 Å².